The molecule has 1 aliphatic rings. The molecule has 158 valence electrons. The summed E-state index contributed by atoms with van der Waals surface area (Å²) in [7, 11) is 0. The second-order valence-electron chi connectivity index (χ2n) is 8.27. The number of hydrogen-bond donors (Lipinski definition) is 1. The molecule has 2 aromatic heterocycles. The first-order valence-electron chi connectivity index (χ1n) is 10.8. The second-order valence-corrected chi connectivity index (χ2v) is 8.27. The van der Waals surface area contributed by atoms with E-state index in [2.05, 4.69) is 57.3 Å². The van der Waals surface area contributed by atoms with Gasteiger partial charge in [-0.3, -0.25) is 4.79 Å². The molecule has 1 aliphatic heterocycles. The summed E-state index contributed by atoms with van der Waals surface area (Å²) in [5.74, 6) is 0.845. The number of nitrogens with zero attached hydrogens (tertiary/aromatic N) is 5. The highest BCUT2D eigenvalue weighted by atomic mass is 16.2. The molecule has 0 radical (unpaired) electrons. The molecule has 30 heavy (non-hydrogen) atoms. The quantitative estimate of drug-likeness (QED) is 0.699. The van der Waals surface area contributed by atoms with Gasteiger partial charge < -0.3 is 10.2 Å². The Kier molecular flexibility index (Phi) is 5.97. The lowest BCUT2D eigenvalue weighted by atomic mass is 10.0. The minimum absolute atomic E-state index is 0.0686. The normalized spacial score (nSPS) is 15.8. The Balaban J connectivity index is 1.49. The van der Waals surface area contributed by atoms with Gasteiger partial charge in [0.2, 0.25) is 5.91 Å². The van der Waals surface area contributed by atoms with Gasteiger partial charge in [-0.25, -0.2) is 14.6 Å². The van der Waals surface area contributed by atoms with Gasteiger partial charge in [0.05, 0.1) is 17.6 Å². The molecule has 3 heterocycles. The molecule has 0 bridgehead atoms. The van der Waals surface area contributed by atoms with Gasteiger partial charge in [0.1, 0.15) is 18.7 Å². The van der Waals surface area contributed by atoms with Crippen LogP contribution < -0.4 is 10.2 Å². The van der Waals surface area contributed by atoms with Crippen LogP contribution in [0, 0.1) is 13.8 Å². The highest BCUT2D eigenvalue weighted by molar-refractivity contribution is 5.88. The van der Waals surface area contributed by atoms with Crippen molar-refractivity contribution >= 4 is 22.8 Å². The smallest absolute Gasteiger partial charge is 0.242 e. The zero-order valence-corrected chi connectivity index (χ0v) is 18.1. The number of carbonyl (C=O) groups excluding carboxylic acids is 1. The zero-order chi connectivity index (χ0) is 21.1. The molecule has 1 fully saturated rings. The van der Waals surface area contributed by atoms with Crippen molar-refractivity contribution in [1.29, 1.82) is 0 Å². The Morgan fingerprint density at radius 2 is 1.87 bits per heavy atom. The summed E-state index contributed by atoms with van der Waals surface area (Å²) in [6.45, 7) is 8.33. The minimum Gasteiger partial charge on any atom is -0.356 e. The first-order valence-corrected chi connectivity index (χ1v) is 10.8. The molecule has 0 spiro atoms. The van der Waals surface area contributed by atoms with E-state index in [-0.39, 0.29) is 18.5 Å². The lowest BCUT2D eigenvalue weighted by molar-refractivity contribution is -0.122. The van der Waals surface area contributed by atoms with Gasteiger partial charge in [0.25, 0.3) is 0 Å². The number of aromatic nitrogens is 4. The van der Waals surface area contributed by atoms with Crippen molar-refractivity contribution in [3.05, 3.63) is 47.4 Å². The number of aryl methyl sites for hydroxylation is 2. The van der Waals surface area contributed by atoms with Crippen LogP contribution in [0.25, 0.3) is 11.0 Å². The van der Waals surface area contributed by atoms with Gasteiger partial charge >= 0.3 is 0 Å². The summed E-state index contributed by atoms with van der Waals surface area (Å²) >= 11 is 0. The first-order chi connectivity index (χ1) is 14.5. The Labute approximate surface area is 177 Å². The van der Waals surface area contributed by atoms with Crippen molar-refractivity contribution in [2.45, 2.75) is 59.0 Å². The van der Waals surface area contributed by atoms with Gasteiger partial charge in [-0.1, -0.05) is 31.0 Å². The molecule has 7 nitrogen and oxygen atoms in total. The van der Waals surface area contributed by atoms with Crippen LogP contribution in [0.3, 0.4) is 0 Å². The van der Waals surface area contributed by atoms with Crippen LogP contribution in [0.15, 0.2) is 30.7 Å². The van der Waals surface area contributed by atoms with E-state index in [4.69, 9.17) is 0 Å². The molecule has 0 aliphatic carbocycles. The molecule has 7 heteroatoms. The molecule has 1 atom stereocenters. The Bertz CT molecular complexity index is 1040. The number of anilines is 1. The number of carbonyl (C=O) groups is 1. The number of nitrogens with one attached hydrogen (secondary N) is 1. The zero-order valence-electron chi connectivity index (χ0n) is 18.1. The highest BCUT2D eigenvalue weighted by Gasteiger charge is 2.18. The SMILES string of the molecule is Cc1ccc([C@H](C)NC(=O)Cn2ncc3c(N4CCCCCC4)ncnc32)cc1C. The molecule has 1 aromatic carbocycles. The summed E-state index contributed by atoms with van der Waals surface area (Å²) < 4.78 is 1.67. The number of rotatable bonds is 5. The lowest BCUT2D eigenvalue weighted by Crippen LogP contribution is -2.30. The largest absolute Gasteiger partial charge is 0.356 e. The molecule has 0 saturated carbocycles. The summed E-state index contributed by atoms with van der Waals surface area (Å²) in [4.78, 5) is 24.0. The van der Waals surface area contributed by atoms with Crippen LogP contribution in [0.5, 0.6) is 0 Å². The third-order valence-electron chi connectivity index (χ3n) is 6.02. The maximum atomic E-state index is 12.7. The Morgan fingerprint density at radius 1 is 1.10 bits per heavy atom. The molecule has 0 unspecified atom stereocenters. The van der Waals surface area contributed by atoms with E-state index in [1.165, 1.54) is 36.8 Å². The van der Waals surface area contributed by atoms with Crippen LogP contribution in [0.2, 0.25) is 0 Å². The lowest BCUT2D eigenvalue weighted by Gasteiger charge is -2.21. The topological polar surface area (TPSA) is 75.9 Å². The van der Waals surface area contributed by atoms with E-state index in [0.717, 1.165) is 29.9 Å². The van der Waals surface area contributed by atoms with Crippen molar-refractivity contribution in [1.82, 2.24) is 25.1 Å². The van der Waals surface area contributed by atoms with E-state index in [0.29, 0.717) is 5.65 Å². The minimum atomic E-state index is -0.0827. The van der Waals surface area contributed by atoms with Crippen molar-refractivity contribution in [3.8, 4) is 0 Å². The fourth-order valence-electron chi connectivity index (χ4n) is 4.07. The van der Waals surface area contributed by atoms with Crippen LogP contribution in [0.1, 0.15) is 55.3 Å². The third kappa shape index (κ3) is 4.30. The molecule has 4 rings (SSSR count). The summed E-state index contributed by atoms with van der Waals surface area (Å²) in [6.07, 6.45) is 8.26. The van der Waals surface area contributed by atoms with E-state index >= 15 is 0 Å². The van der Waals surface area contributed by atoms with Crippen LogP contribution in [-0.2, 0) is 11.3 Å². The van der Waals surface area contributed by atoms with Crippen molar-refractivity contribution in [3.63, 3.8) is 0 Å². The standard InChI is InChI=1S/C23H30N6O/c1-16-8-9-19(12-17(16)2)18(3)27-21(30)14-29-23-20(13-26-29)22(24-15-25-23)28-10-6-4-5-7-11-28/h8-9,12-13,15,18H,4-7,10-11,14H2,1-3H3,(H,27,30)/t18-/m0/s1. The number of benzene rings is 1. The Morgan fingerprint density at radius 3 is 2.60 bits per heavy atom. The van der Waals surface area contributed by atoms with Gasteiger partial charge in [0.15, 0.2) is 5.65 Å². The van der Waals surface area contributed by atoms with Crippen molar-refractivity contribution in [2.24, 2.45) is 0 Å². The number of amides is 1. The second kappa shape index (κ2) is 8.81. The maximum Gasteiger partial charge on any atom is 0.242 e. The molecular weight excluding hydrogens is 376 g/mol. The maximum absolute atomic E-state index is 12.7. The van der Waals surface area contributed by atoms with E-state index in [1.807, 2.05) is 6.92 Å². The molecule has 1 saturated heterocycles. The molecule has 3 aromatic rings. The van der Waals surface area contributed by atoms with E-state index < -0.39 is 0 Å². The summed E-state index contributed by atoms with van der Waals surface area (Å²) in [6, 6.07) is 6.22. The van der Waals surface area contributed by atoms with E-state index in [9.17, 15) is 4.79 Å². The van der Waals surface area contributed by atoms with Crippen molar-refractivity contribution in [2.75, 3.05) is 18.0 Å². The van der Waals surface area contributed by atoms with Gasteiger partial charge in [-0.15, -0.1) is 0 Å². The van der Waals surface area contributed by atoms with Gasteiger partial charge in [-0.05, 0) is 50.3 Å². The van der Waals surface area contributed by atoms with Crippen LogP contribution in [-0.4, -0.2) is 38.7 Å². The average Bonchev–Trinajstić information content (AvgIpc) is 2.95. The molecule has 1 N–H and O–H groups in total. The highest BCUT2D eigenvalue weighted by Crippen LogP contribution is 2.25. The Hall–Kier alpha value is -2.96. The molecule has 1 amide bonds. The van der Waals surface area contributed by atoms with Gasteiger partial charge in [-0.2, -0.15) is 5.10 Å². The fourth-order valence-corrected chi connectivity index (χ4v) is 4.07. The average molecular weight is 407 g/mol. The summed E-state index contributed by atoms with van der Waals surface area (Å²) in [5.41, 5.74) is 4.28. The fraction of sp³-hybridized carbons (Fsp3) is 0.478. The summed E-state index contributed by atoms with van der Waals surface area (Å²) in [5, 5.41) is 8.44. The van der Waals surface area contributed by atoms with Crippen LogP contribution in [0.4, 0.5) is 5.82 Å². The number of fused-ring (bicyclic) bond motifs is 1. The van der Waals surface area contributed by atoms with E-state index in [1.54, 1.807) is 17.2 Å². The first kappa shape index (κ1) is 20.3. The monoisotopic (exact) mass is 406 g/mol. The van der Waals surface area contributed by atoms with Gasteiger partial charge in [0, 0.05) is 13.1 Å². The molecular formula is C23H30N6O. The number of hydrogen-bond acceptors (Lipinski definition) is 5. The predicted molar refractivity (Wildman–Crippen MR) is 118 cm³/mol. The third-order valence-corrected chi connectivity index (χ3v) is 6.02. The van der Waals surface area contributed by atoms with Crippen LogP contribution >= 0.6 is 0 Å². The predicted octanol–water partition coefficient (Wildman–Crippen LogP) is 3.70. The van der Waals surface area contributed by atoms with Crippen molar-refractivity contribution < 1.29 is 4.79 Å².